The first kappa shape index (κ1) is 14.1. The predicted octanol–water partition coefficient (Wildman–Crippen LogP) is 1.35. The van der Waals surface area contributed by atoms with Crippen LogP contribution in [0.15, 0.2) is 0 Å². The van der Waals surface area contributed by atoms with E-state index >= 15 is 0 Å². The van der Waals surface area contributed by atoms with E-state index in [1.807, 2.05) is 0 Å². The highest BCUT2D eigenvalue weighted by Crippen LogP contribution is 1.95. The van der Waals surface area contributed by atoms with Crippen LogP contribution in [-0.4, -0.2) is 25.0 Å². The summed E-state index contributed by atoms with van der Waals surface area (Å²) in [6.07, 6.45) is 6.07. The lowest BCUT2D eigenvalue weighted by molar-refractivity contribution is -0.108. The van der Waals surface area contributed by atoms with Gasteiger partial charge in [0, 0.05) is 19.6 Å². The molecule has 0 aliphatic carbocycles. The Bertz CT molecular complexity index is 83.8. The van der Waals surface area contributed by atoms with Crippen molar-refractivity contribution in [2.24, 2.45) is 0 Å². The van der Waals surface area contributed by atoms with Crippen molar-refractivity contribution < 1.29 is 15.0 Å². The molecule has 0 radical (unpaired) electrons. The number of carbonyl (C=O) groups is 1. The van der Waals surface area contributed by atoms with Crippen molar-refractivity contribution in [3.8, 4) is 0 Å². The van der Waals surface area contributed by atoms with Crippen LogP contribution in [0.5, 0.6) is 0 Å². The van der Waals surface area contributed by atoms with Crippen molar-refractivity contribution in [3.05, 3.63) is 0 Å². The zero-order valence-electron chi connectivity index (χ0n) is 7.84. The fourth-order valence-corrected chi connectivity index (χ4v) is 0.825. The normalized spacial score (nSPS) is 9.08. The van der Waals surface area contributed by atoms with Crippen LogP contribution in [-0.2, 0) is 9.53 Å². The molecule has 3 heteroatoms. The molecule has 0 saturated heterocycles. The quantitative estimate of drug-likeness (QED) is 0.414. The summed E-state index contributed by atoms with van der Waals surface area (Å²) < 4.78 is 5.28. The number of rotatable bonds is 8. The molecule has 0 spiro atoms. The van der Waals surface area contributed by atoms with E-state index in [2.05, 4.69) is 6.92 Å². The maximum atomic E-state index is 9.88. The van der Waals surface area contributed by atoms with Gasteiger partial charge >= 0.3 is 0 Å². The molecule has 0 rings (SSSR count). The Morgan fingerprint density at radius 3 is 2.42 bits per heavy atom. The Labute approximate surface area is 74.4 Å². The molecule has 74 valence electrons. The van der Waals surface area contributed by atoms with Gasteiger partial charge in [-0.05, 0) is 12.8 Å². The Kier molecular flexibility index (Phi) is 15.5. The van der Waals surface area contributed by atoms with Gasteiger partial charge in [0.25, 0.3) is 0 Å². The molecule has 0 aromatic heterocycles. The highest BCUT2D eigenvalue weighted by Gasteiger charge is 1.88. The molecule has 0 fully saturated rings. The van der Waals surface area contributed by atoms with E-state index in [0.29, 0.717) is 6.42 Å². The molecule has 0 atom stereocenters. The topological polar surface area (TPSA) is 57.8 Å². The molecule has 0 aliphatic rings. The molecule has 0 heterocycles. The number of hydrogen-bond acceptors (Lipinski definition) is 2. The van der Waals surface area contributed by atoms with Crippen molar-refractivity contribution in [3.63, 3.8) is 0 Å². The fourth-order valence-electron chi connectivity index (χ4n) is 0.825. The summed E-state index contributed by atoms with van der Waals surface area (Å²) in [5.74, 6) is 0. The van der Waals surface area contributed by atoms with Crippen molar-refractivity contribution in [2.75, 3.05) is 13.2 Å². The third-order valence-corrected chi connectivity index (χ3v) is 1.50. The maximum absolute atomic E-state index is 9.88. The monoisotopic (exact) mass is 176 g/mol. The molecule has 0 saturated carbocycles. The van der Waals surface area contributed by atoms with Crippen molar-refractivity contribution in [2.45, 2.75) is 39.0 Å². The molecule has 2 N–H and O–H groups in total. The molecule has 0 bridgehead atoms. The summed E-state index contributed by atoms with van der Waals surface area (Å²) in [6, 6.07) is 0. The minimum absolute atomic E-state index is 0. The minimum Gasteiger partial charge on any atom is -0.412 e. The highest BCUT2D eigenvalue weighted by atomic mass is 16.5. The van der Waals surface area contributed by atoms with Crippen molar-refractivity contribution in [1.82, 2.24) is 0 Å². The van der Waals surface area contributed by atoms with Crippen LogP contribution >= 0.6 is 0 Å². The van der Waals surface area contributed by atoms with Crippen molar-refractivity contribution >= 4 is 6.29 Å². The van der Waals surface area contributed by atoms with Crippen molar-refractivity contribution in [1.29, 1.82) is 0 Å². The Morgan fingerprint density at radius 1 is 1.17 bits per heavy atom. The Morgan fingerprint density at radius 2 is 1.83 bits per heavy atom. The molecular weight excluding hydrogens is 156 g/mol. The lowest BCUT2D eigenvalue weighted by Gasteiger charge is -2.00. The summed E-state index contributed by atoms with van der Waals surface area (Å²) in [6.45, 7) is 3.77. The Hall–Kier alpha value is -0.410. The number of aldehydes is 1. The molecule has 3 nitrogen and oxygen atoms in total. The highest BCUT2D eigenvalue weighted by molar-refractivity contribution is 5.48. The molecule has 0 aliphatic heterocycles. The van der Waals surface area contributed by atoms with E-state index < -0.39 is 0 Å². The maximum Gasteiger partial charge on any atom is 0.120 e. The fraction of sp³-hybridized carbons (Fsp3) is 0.889. The second-order valence-electron chi connectivity index (χ2n) is 2.63. The van der Waals surface area contributed by atoms with E-state index in [-0.39, 0.29) is 5.48 Å². The van der Waals surface area contributed by atoms with Gasteiger partial charge < -0.3 is 15.0 Å². The van der Waals surface area contributed by atoms with E-state index in [0.717, 1.165) is 32.3 Å². The van der Waals surface area contributed by atoms with Gasteiger partial charge in [-0.3, -0.25) is 0 Å². The number of ether oxygens (including phenoxy) is 1. The average molecular weight is 176 g/mol. The molecule has 0 amide bonds. The van der Waals surface area contributed by atoms with Crippen LogP contribution in [0.25, 0.3) is 0 Å². The lowest BCUT2D eigenvalue weighted by Crippen LogP contribution is -1.96. The SMILES string of the molecule is CCCCCOCCCC=O.O. The third-order valence-electron chi connectivity index (χ3n) is 1.50. The van der Waals surface area contributed by atoms with Gasteiger partial charge in [-0.1, -0.05) is 19.8 Å². The van der Waals surface area contributed by atoms with Crippen LogP contribution in [0.3, 0.4) is 0 Å². The number of unbranched alkanes of at least 4 members (excludes halogenated alkanes) is 3. The lowest BCUT2D eigenvalue weighted by atomic mass is 10.3. The molecule has 12 heavy (non-hydrogen) atoms. The Balaban J connectivity index is 0. The van der Waals surface area contributed by atoms with E-state index in [1.54, 1.807) is 0 Å². The van der Waals surface area contributed by atoms with Gasteiger partial charge in [-0.15, -0.1) is 0 Å². The second kappa shape index (κ2) is 13.2. The largest absolute Gasteiger partial charge is 0.412 e. The predicted molar refractivity (Wildman–Crippen MR) is 49.3 cm³/mol. The van der Waals surface area contributed by atoms with Gasteiger partial charge in [0.05, 0.1) is 0 Å². The van der Waals surface area contributed by atoms with Gasteiger partial charge in [0.2, 0.25) is 0 Å². The third kappa shape index (κ3) is 12.3. The smallest absolute Gasteiger partial charge is 0.120 e. The van der Waals surface area contributed by atoms with E-state index in [1.165, 1.54) is 12.8 Å². The zero-order chi connectivity index (χ0) is 8.36. The van der Waals surface area contributed by atoms with Crippen LogP contribution in [0.4, 0.5) is 0 Å². The first-order chi connectivity index (χ1) is 5.41. The molecule has 0 aromatic rings. The summed E-state index contributed by atoms with van der Waals surface area (Å²) >= 11 is 0. The average Bonchev–Trinajstić information content (AvgIpc) is 2.03. The molecule has 0 unspecified atom stereocenters. The summed E-state index contributed by atoms with van der Waals surface area (Å²) in [4.78, 5) is 9.88. The van der Waals surface area contributed by atoms with Crippen LogP contribution in [0, 0.1) is 0 Å². The second-order valence-corrected chi connectivity index (χ2v) is 2.63. The molecule has 0 aromatic carbocycles. The summed E-state index contributed by atoms with van der Waals surface area (Å²) in [5.41, 5.74) is 0. The van der Waals surface area contributed by atoms with Gasteiger partial charge in [0.1, 0.15) is 6.29 Å². The summed E-state index contributed by atoms with van der Waals surface area (Å²) in [7, 11) is 0. The number of carbonyl (C=O) groups excluding carboxylic acids is 1. The summed E-state index contributed by atoms with van der Waals surface area (Å²) in [5, 5.41) is 0. The standard InChI is InChI=1S/C9H18O2.H2O/c1-2-3-5-8-11-9-6-4-7-10;/h7H,2-6,8-9H2,1H3;1H2. The van der Waals surface area contributed by atoms with Crippen LogP contribution in [0.2, 0.25) is 0 Å². The van der Waals surface area contributed by atoms with E-state index in [9.17, 15) is 4.79 Å². The minimum atomic E-state index is 0. The zero-order valence-corrected chi connectivity index (χ0v) is 7.84. The first-order valence-corrected chi connectivity index (χ1v) is 4.43. The van der Waals surface area contributed by atoms with Gasteiger partial charge in [0.15, 0.2) is 0 Å². The van der Waals surface area contributed by atoms with Crippen LogP contribution in [0.1, 0.15) is 39.0 Å². The van der Waals surface area contributed by atoms with Gasteiger partial charge in [-0.25, -0.2) is 0 Å². The molecular formula is C9H20O3. The number of hydrogen-bond donors (Lipinski definition) is 0. The first-order valence-electron chi connectivity index (χ1n) is 4.43. The van der Waals surface area contributed by atoms with Gasteiger partial charge in [-0.2, -0.15) is 0 Å². The van der Waals surface area contributed by atoms with Crippen LogP contribution < -0.4 is 0 Å². The van der Waals surface area contributed by atoms with E-state index in [4.69, 9.17) is 4.74 Å².